The number of hydrogen-bond donors (Lipinski definition) is 0. The third kappa shape index (κ3) is 3.78. The quantitative estimate of drug-likeness (QED) is 0.798. The zero-order chi connectivity index (χ0) is 13.0. The molecule has 0 amide bonds. The summed E-state index contributed by atoms with van der Waals surface area (Å²) < 4.78 is 4.98. The first-order chi connectivity index (χ1) is 8.65. The predicted molar refractivity (Wildman–Crippen MR) is 70.3 cm³/mol. The highest BCUT2D eigenvalue weighted by atomic mass is 16.5. The molecular weight excluding hydrogens is 228 g/mol. The molecular formula is C13H24N4O. The van der Waals surface area contributed by atoms with Crippen LogP contribution in [0.4, 0.5) is 0 Å². The van der Waals surface area contributed by atoms with Gasteiger partial charge in [-0.3, -0.25) is 4.90 Å². The number of piperidine rings is 1. The molecule has 1 fully saturated rings. The Morgan fingerprint density at radius 2 is 2.28 bits per heavy atom. The molecule has 18 heavy (non-hydrogen) atoms. The van der Waals surface area contributed by atoms with E-state index in [9.17, 15) is 0 Å². The highest BCUT2D eigenvalue weighted by Gasteiger charge is 2.19. The van der Waals surface area contributed by atoms with Crippen molar-refractivity contribution in [3.8, 4) is 0 Å². The van der Waals surface area contributed by atoms with Gasteiger partial charge in [0.05, 0.1) is 6.54 Å². The number of hydrogen-bond acceptors (Lipinski definition) is 5. The number of rotatable bonds is 5. The molecule has 2 heterocycles. The Bertz CT molecular complexity index is 366. The molecule has 0 saturated carbocycles. The van der Waals surface area contributed by atoms with Gasteiger partial charge in [-0.1, -0.05) is 11.6 Å². The maximum Gasteiger partial charge on any atom is 0.223 e. The minimum atomic E-state index is 0.644. The lowest BCUT2D eigenvalue weighted by molar-refractivity contribution is 0.158. The van der Waals surface area contributed by atoms with E-state index in [2.05, 4.69) is 34.0 Å². The zero-order valence-corrected chi connectivity index (χ0v) is 11.7. The fourth-order valence-corrected chi connectivity index (χ4v) is 2.60. The van der Waals surface area contributed by atoms with Crippen molar-refractivity contribution in [3.63, 3.8) is 0 Å². The van der Waals surface area contributed by atoms with Crippen molar-refractivity contribution in [2.24, 2.45) is 0 Å². The van der Waals surface area contributed by atoms with E-state index >= 15 is 0 Å². The van der Waals surface area contributed by atoms with Crippen molar-refractivity contribution in [1.29, 1.82) is 0 Å². The molecule has 2 rings (SSSR count). The Morgan fingerprint density at radius 1 is 1.44 bits per heavy atom. The Balaban J connectivity index is 1.72. The first-order valence-electron chi connectivity index (χ1n) is 6.83. The number of aryl methyl sites for hydroxylation is 1. The van der Waals surface area contributed by atoms with Gasteiger partial charge in [0.25, 0.3) is 0 Å². The van der Waals surface area contributed by atoms with Crippen LogP contribution in [-0.2, 0) is 6.54 Å². The van der Waals surface area contributed by atoms with Gasteiger partial charge in [-0.2, -0.15) is 4.98 Å². The second kappa shape index (κ2) is 6.29. The summed E-state index contributed by atoms with van der Waals surface area (Å²) in [5, 5.41) is 3.93. The first-order valence-corrected chi connectivity index (χ1v) is 6.83. The maximum absolute atomic E-state index is 4.98. The second-order valence-electron chi connectivity index (χ2n) is 5.39. The number of nitrogens with zero attached hydrogens (tertiary/aromatic N) is 4. The van der Waals surface area contributed by atoms with Gasteiger partial charge in [-0.05, 0) is 46.4 Å². The Labute approximate surface area is 109 Å². The summed E-state index contributed by atoms with van der Waals surface area (Å²) in [5.41, 5.74) is 0. The molecule has 0 radical (unpaired) electrons. The number of aromatic nitrogens is 2. The van der Waals surface area contributed by atoms with Crippen LogP contribution in [-0.4, -0.2) is 53.2 Å². The summed E-state index contributed by atoms with van der Waals surface area (Å²) in [6.45, 7) is 4.93. The lowest BCUT2D eigenvalue weighted by Gasteiger charge is -2.33. The largest absolute Gasteiger partial charge is 0.340 e. The van der Waals surface area contributed by atoms with E-state index in [1.807, 2.05) is 6.92 Å². The van der Waals surface area contributed by atoms with Gasteiger partial charge < -0.3 is 9.42 Å². The summed E-state index contributed by atoms with van der Waals surface area (Å²) in [4.78, 5) is 9.00. The zero-order valence-electron chi connectivity index (χ0n) is 11.7. The predicted octanol–water partition coefficient (Wildman–Crippen LogP) is 1.68. The smallest absolute Gasteiger partial charge is 0.223 e. The normalized spacial score (nSPS) is 21.7. The Morgan fingerprint density at radius 3 is 2.94 bits per heavy atom. The molecule has 102 valence electrons. The molecule has 0 unspecified atom stereocenters. The van der Waals surface area contributed by atoms with Gasteiger partial charge in [0.1, 0.15) is 0 Å². The highest BCUT2D eigenvalue weighted by molar-refractivity contribution is 4.83. The molecule has 5 heteroatoms. The van der Waals surface area contributed by atoms with E-state index in [1.54, 1.807) is 0 Å². The fourth-order valence-electron chi connectivity index (χ4n) is 2.60. The third-order valence-corrected chi connectivity index (χ3v) is 3.75. The van der Waals surface area contributed by atoms with Crippen LogP contribution in [0, 0.1) is 6.92 Å². The molecule has 0 aliphatic carbocycles. The molecule has 0 N–H and O–H groups in total. The van der Waals surface area contributed by atoms with Crippen molar-refractivity contribution in [2.45, 2.75) is 45.2 Å². The van der Waals surface area contributed by atoms with E-state index < -0.39 is 0 Å². The minimum absolute atomic E-state index is 0.644. The second-order valence-corrected chi connectivity index (χ2v) is 5.39. The van der Waals surface area contributed by atoms with Crippen molar-refractivity contribution >= 4 is 0 Å². The van der Waals surface area contributed by atoms with Gasteiger partial charge in [0, 0.05) is 13.0 Å². The van der Waals surface area contributed by atoms with Gasteiger partial charge in [0.15, 0.2) is 5.82 Å². The molecule has 1 saturated heterocycles. The van der Waals surface area contributed by atoms with Crippen LogP contribution >= 0.6 is 0 Å². The van der Waals surface area contributed by atoms with Crippen molar-refractivity contribution in [2.75, 3.05) is 27.2 Å². The van der Waals surface area contributed by atoms with E-state index in [-0.39, 0.29) is 0 Å². The van der Waals surface area contributed by atoms with Crippen LogP contribution in [0.3, 0.4) is 0 Å². The summed E-state index contributed by atoms with van der Waals surface area (Å²) in [5.74, 6) is 1.43. The van der Waals surface area contributed by atoms with E-state index in [0.29, 0.717) is 5.89 Å². The molecule has 1 aliphatic rings. The van der Waals surface area contributed by atoms with Crippen LogP contribution in [0.1, 0.15) is 37.4 Å². The van der Waals surface area contributed by atoms with Crippen LogP contribution in [0.5, 0.6) is 0 Å². The standard InChI is InChI=1S/C13H24N4O/c1-11-14-13(15-18-11)10-16(2)9-7-12-6-4-5-8-17(12)3/h12H,4-10H2,1-3H3/t12-/m1/s1. The topological polar surface area (TPSA) is 45.4 Å². The third-order valence-electron chi connectivity index (χ3n) is 3.75. The van der Waals surface area contributed by atoms with Crippen molar-refractivity contribution in [1.82, 2.24) is 19.9 Å². The summed E-state index contributed by atoms with van der Waals surface area (Å²) in [7, 11) is 4.36. The van der Waals surface area contributed by atoms with Gasteiger partial charge >= 0.3 is 0 Å². The van der Waals surface area contributed by atoms with E-state index in [1.165, 1.54) is 32.2 Å². The van der Waals surface area contributed by atoms with Gasteiger partial charge in [0.2, 0.25) is 5.89 Å². The fraction of sp³-hybridized carbons (Fsp3) is 0.846. The molecule has 1 aliphatic heterocycles. The SMILES string of the molecule is Cc1nc(CN(C)CC[C@H]2CCCCN2C)no1. The van der Waals surface area contributed by atoms with Crippen molar-refractivity contribution in [3.05, 3.63) is 11.7 Å². The lowest BCUT2D eigenvalue weighted by Crippen LogP contribution is -2.38. The maximum atomic E-state index is 4.98. The average molecular weight is 252 g/mol. The van der Waals surface area contributed by atoms with E-state index in [4.69, 9.17) is 4.52 Å². The van der Waals surface area contributed by atoms with Gasteiger partial charge in [-0.25, -0.2) is 0 Å². The molecule has 1 atom stereocenters. The van der Waals surface area contributed by atoms with E-state index in [0.717, 1.165) is 25.0 Å². The molecule has 5 nitrogen and oxygen atoms in total. The average Bonchev–Trinajstić information content (AvgIpc) is 2.74. The van der Waals surface area contributed by atoms with Crippen LogP contribution in [0.15, 0.2) is 4.52 Å². The summed E-state index contributed by atoms with van der Waals surface area (Å²) in [6, 6.07) is 0.744. The first kappa shape index (κ1) is 13.5. The van der Waals surface area contributed by atoms with Crippen LogP contribution < -0.4 is 0 Å². The van der Waals surface area contributed by atoms with Crippen molar-refractivity contribution < 1.29 is 4.52 Å². The van der Waals surface area contributed by atoms with Gasteiger partial charge in [-0.15, -0.1) is 0 Å². The minimum Gasteiger partial charge on any atom is -0.340 e. The molecule has 0 bridgehead atoms. The Hall–Kier alpha value is -0.940. The molecule has 0 aromatic carbocycles. The summed E-state index contributed by atoms with van der Waals surface area (Å²) in [6.07, 6.45) is 5.29. The molecule has 0 spiro atoms. The highest BCUT2D eigenvalue weighted by Crippen LogP contribution is 2.18. The van der Waals surface area contributed by atoms with Crippen LogP contribution in [0.2, 0.25) is 0 Å². The summed E-state index contributed by atoms with van der Waals surface area (Å²) >= 11 is 0. The monoisotopic (exact) mass is 252 g/mol. The lowest BCUT2D eigenvalue weighted by atomic mass is 10.00. The Kier molecular flexibility index (Phi) is 4.72. The molecule has 1 aromatic heterocycles. The molecule has 1 aromatic rings. The van der Waals surface area contributed by atoms with Crippen LogP contribution in [0.25, 0.3) is 0 Å². The number of likely N-dealkylation sites (tertiary alicyclic amines) is 1.